The van der Waals surface area contributed by atoms with Crippen molar-refractivity contribution in [3.63, 3.8) is 0 Å². The minimum absolute atomic E-state index is 0.154. The Labute approximate surface area is 193 Å². The molecule has 9 heteroatoms. The van der Waals surface area contributed by atoms with Gasteiger partial charge in [-0.25, -0.2) is 17.8 Å². The van der Waals surface area contributed by atoms with Crippen LogP contribution < -0.4 is 5.32 Å². The number of imidazole rings is 1. The summed E-state index contributed by atoms with van der Waals surface area (Å²) in [5, 5.41) is 2.80. The topological polar surface area (TPSA) is 84.3 Å². The van der Waals surface area contributed by atoms with Crippen LogP contribution in [0.2, 0.25) is 0 Å². The summed E-state index contributed by atoms with van der Waals surface area (Å²) in [4.78, 5) is 16.4. The highest BCUT2D eigenvalue weighted by atomic mass is 32.2. The van der Waals surface area contributed by atoms with Crippen molar-refractivity contribution in [2.45, 2.75) is 43.5 Å². The minimum atomic E-state index is -3.45. The molecule has 0 spiro atoms. The van der Waals surface area contributed by atoms with Gasteiger partial charge in [0, 0.05) is 38.4 Å². The van der Waals surface area contributed by atoms with E-state index >= 15 is 0 Å². The van der Waals surface area contributed by atoms with Crippen molar-refractivity contribution >= 4 is 15.9 Å². The highest BCUT2D eigenvalue weighted by Crippen LogP contribution is 2.21. The number of hydrogen-bond acceptors (Lipinski definition) is 4. The van der Waals surface area contributed by atoms with E-state index in [9.17, 15) is 17.6 Å². The Morgan fingerprint density at radius 1 is 1.03 bits per heavy atom. The molecule has 0 aliphatic carbocycles. The molecule has 1 aromatic heterocycles. The van der Waals surface area contributed by atoms with Crippen LogP contribution in [0, 0.1) is 5.82 Å². The summed E-state index contributed by atoms with van der Waals surface area (Å²) >= 11 is 0. The summed E-state index contributed by atoms with van der Waals surface area (Å²) in [5.41, 5.74) is 1.95. The largest absolute Gasteiger partial charge is 0.352 e. The van der Waals surface area contributed by atoms with Crippen LogP contribution in [0.3, 0.4) is 0 Å². The lowest BCUT2D eigenvalue weighted by Crippen LogP contribution is -2.35. The number of nitrogens with zero attached hydrogens (tertiary/aromatic N) is 3. The van der Waals surface area contributed by atoms with E-state index in [-0.39, 0.29) is 24.7 Å². The number of carbonyl (C=O) groups excluding carboxylic acids is 1. The second kappa shape index (κ2) is 10.3. The third-order valence-corrected chi connectivity index (χ3v) is 7.71. The van der Waals surface area contributed by atoms with Gasteiger partial charge in [0.2, 0.25) is 15.9 Å². The van der Waals surface area contributed by atoms with Crippen molar-refractivity contribution < 1.29 is 17.6 Å². The monoisotopic (exact) mass is 470 g/mol. The van der Waals surface area contributed by atoms with Gasteiger partial charge in [0.05, 0.1) is 16.9 Å². The van der Waals surface area contributed by atoms with Crippen LogP contribution in [0.5, 0.6) is 0 Å². The summed E-state index contributed by atoms with van der Waals surface area (Å²) in [6.45, 7) is 1.37. The van der Waals surface area contributed by atoms with Crippen molar-refractivity contribution in [2.24, 2.45) is 0 Å². The molecule has 1 aliphatic rings. The van der Waals surface area contributed by atoms with Crippen LogP contribution in [0.1, 0.15) is 36.8 Å². The molecule has 2 heterocycles. The maximum Gasteiger partial charge on any atom is 0.243 e. The number of sulfonamides is 1. The molecule has 0 atom stereocenters. The van der Waals surface area contributed by atoms with Gasteiger partial charge in [-0.1, -0.05) is 24.6 Å². The molecule has 1 N–H and O–H groups in total. The number of benzene rings is 2. The van der Waals surface area contributed by atoms with E-state index in [2.05, 4.69) is 10.3 Å². The van der Waals surface area contributed by atoms with Gasteiger partial charge >= 0.3 is 0 Å². The number of rotatable bonds is 8. The molecule has 174 valence electrons. The Balaban J connectivity index is 1.27. The first-order valence-corrected chi connectivity index (χ1v) is 12.5. The SMILES string of the molecule is O=C(CCc1ccc(S(=O)(=O)N2CCCCC2)cc1)NCc1ccc(-n2ccnc2)c(F)c1. The number of aryl methyl sites for hydroxylation is 1. The molecule has 4 rings (SSSR count). The fourth-order valence-electron chi connectivity index (χ4n) is 3.90. The molecule has 3 aromatic rings. The van der Waals surface area contributed by atoms with Gasteiger partial charge < -0.3 is 9.88 Å². The maximum atomic E-state index is 14.3. The summed E-state index contributed by atoms with van der Waals surface area (Å²) < 4.78 is 42.9. The number of carbonyl (C=O) groups is 1. The summed E-state index contributed by atoms with van der Waals surface area (Å²) in [6.07, 6.45) is 8.37. The molecule has 1 fully saturated rings. The maximum absolute atomic E-state index is 14.3. The third kappa shape index (κ3) is 5.66. The normalized spacial score (nSPS) is 14.8. The lowest BCUT2D eigenvalue weighted by Gasteiger charge is -2.25. The second-order valence-electron chi connectivity index (χ2n) is 8.14. The van der Waals surface area contributed by atoms with Gasteiger partial charge in [-0.15, -0.1) is 0 Å². The van der Waals surface area contributed by atoms with Gasteiger partial charge in [-0.3, -0.25) is 4.79 Å². The average molecular weight is 471 g/mol. The molecule has 0 bridgehead atoms. The molecule has 1 amide bonds. The van der Waals surface area contributed by atoms with Crippen LogP contribution >= 0.6 is 0 Å². The summed E-state index contributed by atoms with van der Waals surface area (Å²) in [5.74, 6) is -0.543. The smallest absolute Gasteiger partial charge is 0.243 e. The second-order valence-corrected chi connectivity index (χ2v) is 10.1. The van der Waals surface area contributed by atoms with Gasteiger partial charge in [0.1, 0.15) is 5.82 Å². The van der Waals surface area contributed by atoms with E-state index in [0.717, 1.165) is 24.8 Å². The standard InChI is InChI=1S/C24H27FN4O3S/c25-22-16-20(6-10-23(22)28-15-12-26-18-28)17-27-24(30)11-7-19-4-8-21(9-5-19)33(31,32)29-13-2-1-3-14-29/h4-6,8-10,12,15-16,18H,1-3,7,11,13-14,17H2,(H,27,30). The number of nitrogens with one attached hydrogen (secondary N) is 1. The molecule has 1 aliphatic heterocycles. The molecule has 2 aromatic carbocycles. The van der Waals surface area contributed by atoms with E-state index in [0.29, 0.717) is 35.7 Å². The molecule has 7 nitrogen and oxygen atoms in total. The van der Waals surface area contributed by atoms with Crippen molar-refractivity contribution in [1.29, 1.82) is 0 Å². The Morgan fingerprint density at radius 3 is 2.42 bits per heavy atom. The van der Waals surface area contributed by atoms with Crippen LogP contribution in [-0.2, 0) is 27.8 Å². The van der Waals surface area contributed by atoms with E-state index in [4.69, 9.17) is 0 Å². The van der Waals surface area contributed by atoms with E-state index in [1.54, 1.807) is 57.7 Å². The van der Waals surface area contributed by atoms with Crippen LogP contribution in [-0.4, -0.2) is 41.3 Å². The van der Waals surface area contributed by atoms with Crippen molar-refractivity contribution in [2.75, 3.05) is 13.1 Å². The average Bonchev–Trinajstić information content (AvgIpc) is 3.37. The van der Waals surface area contributed by atoms with Crippen LogP contribution in [0.15, 0.2) is 66.1 Å². The molecular formula is C24H27FN4O3S. The highest BCUT2D eigenvalue weighted by molar-refractivity contribution is 7.89. The number of hydrogen-bond donors (Lipinski definition) is 1. The molecule has 0 saturated carbocycles. The summed E-state index contributed by atoms with van der Waals surface area (Å²) in [6, 6.07) is 11.6. The van der Waals surface area contributed by atoms with E-state index < -0.39 is 10.0 Å². The van der Waals surface area contributed by atoms with Crippen molar-refractivity contribution in [3.05, 3.63) is 78.1 Å². The number of amides is 1. The van der Waals surface area contributed by atoms with E-state index in [1.165, 1.54) is 12.4 Å². The van der Waals surface area contributed by atoms with E-state index in [1.807, 2.05) is 0 Å². The fourth-order valence-corrected chi connectivity index (χ4v) is 5.42. The zero-order chi connectivity index (χ0) is 23.3. The van der Waals surface area contributed by atoms with Gasteiger partial charge in [-0.05, 0) is 54.7 Å². The van der Waals surface area contributed by atoms with Crippen molar-refractivity contribution in [3.8, 4) is 5.69 Å². The lowest BCUT2D eigenvalue weighted by molar-refractivity contribution is -0.121. The minimum Gasteiger partial charge on any atom is -0.352 e. The third-order valence-electron chi connectivity index (χ3n) is 5.80. The quantitative estimate of drug-likeness (QED) is 0.547. The Morgan fingerprint density at radius 2 is 1.76 bits per heavy atom. The van der Waals surface area contributed by atoms with Crippen LogP contribution in [0.4, 0.5) is 4.39 Å². The number of halogens is 1. The lowest BCUT2D eigenvalue weighted by atomic mass is 10.1. The predicted octanol–water partition coefficient (Wildman–Crippen LogP) is 3.44. The number of piperidine rings is 1. The predicted molar refractivity (Wildman–Crippen MR) is 123 cm³/mol. The Kier molecular flexibility index (Phi) is 7.20. The number of aromatic nitrogens is 2. The Bertz CT molecular complexity index is 1190. The molecule has 1 saturated heterocycles. The first-order valence-electron chi connectivity index (χ1n) is 11.1. The van der Waals surface area contributed by atoms with Crippen LogP contribution in [0.25, 0.3) is 5.69 Å². The fraction of sp³-hybridized carbons (Fsp3) is 0.333. The zero-order valence-corrected chi connectivity index (χ0v) is 19.1. The molecule has 0 unspecified atom stereocenters. The van der Waals surface area contributed by atoms with Gasteiger partial charge in [0.25, 0.3) is 0 Å². The molecule has 33 heavy (non-hydrogen) atoms. The van der Waals surface area contributed by atoms with Gasteiger partial charge in [-0.2, -0.15) is 4.31 Å². The van der Waals surface area contributed by atoms with Crippen molar-refractivity contribution in [1.82, 2.24) is 19.2 Å². The molecule has 0 radical (unpaired) electrons. The van der Waals surface area contributed by atoms with Gasteiger partial charge in [0.15, 0.2) is 0 Å². The molecular weight excluding hydrogens is 443 g/mol. The first kappa shape index (κ1) is 23.1. The first-order chi connectivity index (χ1) is 15.9. The zero-order valence-electron chi connectivity index (χ0n) is 18.3. The Hall–Kier alpha value is -3.04. The highest BCUT2D eigenvalue weighted by Gasteiger charge is 2.25. The summed E-state index contributed by atoms with van der Waals surface area (Å²) in [7, 11) is -3.45.